The van der Waals surface area contributed by atoms with Gasteiger partial charge in [0.1, 0.15) is 4.60 Å². The fourth-order valence-electron chi connectivity index (χ4n) is 1.62. The van der Waals surface area contributed by atoms with Crippen LogP contribution in [0.3, 0.4) is 0 Å². The topological polar surface area (TPSA) is 30.0 Å². The number of hydrogen-bond acceptors (Lipinski definition) is 2. The second-order valence-corrected chi connectivity index (χ2v) is 4.68. The van der Waals surface area contributed by atoms with Gasteiger partial charge in [0, 0.05) is 12.6 Å². The van der Waals surface area contributed by atoms with Crippen molar-refractivity contribution in [1.29, 1.82) is 0 Å². The third-order valence-electron chi connectivity index (χ3n) is 2.57. The van der Waals surface area contributed by atoms with E-state index in [1.807, 2.05) is 6.07 Å². The van der Waals surface area contributed by atoms with Crippen molar-refractivity contribution in [3.05, 3.63) is 28.5 Å². The molecule has 88 valence electrons. The predicted molar refractivity (Wildman–Crippen MR) is 69.6 cm³/mol. The van der Waals surface area contributed by atoms with Crippen molar-refractivity contribution < 1.29 is 4.79 Å². The smallest absolute Gasteiger partial charge is 0.165 e. The molecular weight excluding hydrogens is 266 g/mol. The summed E-state index contributed by atoms with van der Waals surface area (Å²) >= 11 is 3.30. The molecule has 0 aromatic carbocycles. The van der Waals surface area contributed by atoms with Crippen molar-refractivity contribution in [3.63, 3.8) is 0 Å². The van der Waals surface area contributed by atoms with Crippen LogP contribution in [-0.2, 0) is 0 Å². The number of nitrogens with zero attached hydrogens (tertiary/aromatic N) is 1. The Balaban J connectivity index is 2.33. The highest BCUT2D eigenvalue weighted by molar-refractivity contribution is 9.10. The van der Waals surface area contributed by atoms with E-state index in [-0.39, 0.29) is 5.78 Å². The zero-order valence-corrected chi connectivity index (χ0v) is 11.3. The van der Waals surface area contributed by atoms with Gasteiger partial charge in [-0.2, -0.15) is 0 Å². The van der Waals surface area contributed by atoms with Crippen LogP contribution in [0.2, 0.25) is 0 Å². The van der Waals surface area contributed by atoms with E-state index in [0.717, 1.165) is 12.8 Å². The van der Waals surface area contributed by atoms with Crippen LogP contribution in [0.15, 0.2) is 22.9 Å². The molecule has 0 fully saturated rings. The Labute approximate surface area is 106 Å². The van der Waals surface area contributed by atoms with Gasteiger partial charge in [-0.25, -0.2) is 4.98 Å². The van der Waals surface area contributed by atoms with E-state index in [4.69, 9.17) is 0 Å². The zero-order valence-electron chi connectivity index (χ0n) is 9.71. The average molecular weight is 284 g/mol. The Morgan fingerprint density at radius 2 is 2.06 bits per heavy atom. The molecule has 0 bridgehead atoms. The first-order valence-electron chi connectivity index (χ1n) is 5.89. The number of unbranched alkanes of at least 4 members (excludes halogenated alkanes) is 4. The lowest BCUT2D eigenvalue weighted by Crippen LogP contribution is -2.01. The number of Topliss-reactive ketones (excluding diaryl/α,β-unsaturated/α-hetero) is 1. The third kappa shape index (κ3) is 4.44. The van der Waals surface area contributed by atoms with Crippen LogP contribution in [-0.4, -0.2) is 10.8 Å². The number of carbonyl (C=O) groups is 1. The molecule has 0 unspecified atom stereocenters. The number of ketones is 1. The minimum atomic E-state index is 0.191. The van der Waals surface area contributed by atoms with Crippen LogP contribution in [0.4, 0.5) is 0 Å². The largest absolute Gasteiger partial charge is 0.294 e. The van der Waals surface area contributed by atoms with Gasteiger partial charge in [-0.15, -0.1) is 0 Å². The van der Waals surface area contributed by atoms with Crippen LogP contribution < -0.4 is 0 Å². The van der Waals surface area contributed by atoms with Gasteiger partial charge in [0.05, 0.1) is 5.56 Å². The van der Waals surface area contributed by atoms with Gasteiger partial charge >= 0.3 is 0 Å². The standard InChI is InChI=1S/C13H18BrNO/c1-2-3-4-5-6-9-12(16)11-8-7-10-15-13(11)14/h7-8,10H,2-6,9H2,1H3. The van der Waals surface area contributed by atoms with Crippen molar-refractivity contribution >= 4 is 21.7 Å². The van der Waals surface area contributed by atoms with Crippen LogP contribution >= 0.6 is 15.9 Å². The van der Waals surface area contributed by atoms with Crippen LogP contribution in [0, 0.1) is 0 Å². The molecule has 0 spiro atoms. The molecule has 0 atom stereocenters. The maximum Gasteiger partial charge on any atom is 0.165 e. The normalized spacial score (nSPS) is 10.4. The first-order chi connectivity index (χ1) is 7.75. The molecule has 3 heteroatoms. The number of pyridine rings is 1. The maximum atomic E-state index is 11.8. The number of hydrogen-bond donors (Lipinski definition) is 0. The summed E-state index contributed by atoms with van der Waals surface area (Å²) in [6.45, 7) is 2.19. The Hall–Kier alpha value is -0.700. The molecule has 1 heterocycles. The van der Waals surface area contributed by atoms with Gasteiger partial charge in [0.2, 0.25) is 0 Å². The predicted octanol–water partition coefficient (Wildman–Crippen LogP) is 4.39. The Morgan fingerprint density at radius 1 is 1.31 bits per heavy atom. The van der Waals surface area contributed by atoms with Crippen LogP contribution in [0.5, 0.6) is 0 Å². The monoisotopic (exact) mass is 283 g/mol. The fourth-order valence-corrected chi connectivity index (χ4v) is 2.09. The lowest BCUT2D eigenvalue weighted by Gasteiger charge is -2.02. The minimum absolute atomic E-state index is 0.191. The summed E-state index contributed by atoms with van der Waals surface area (Å²) in [5, 5.41) is 0. The van der Waals surface area contributed by atoms with Gasteiger partial charge in [-0.05, 0) is 34.5 Å². The molecule has 1 aromatic rings. The molecule has 2 nitrogen and oxygen atoms in total. The van der Waals surface area contributed by atoms with Crippen LogP contribution in [0.1, 0.15) is 55.8 Å². The minimum Gasteiger partial charge on any atom is -0.294 e. The summed E-state index contributed by atoms with van der Waals surface area (Å²) in [7, 11) is 0. The fraction of sp³-hybridized carbons (Fsp3) is 0.538. The summed E-state index contributed by atoms with van der Waals surface area (Å²) in [6.07, 6.45) is 8.19. The first-order valence-corrected chi connectivity index (χ1v) is 6.68. The summed E-state index contributed by atoms with van der Waals surface area (Å²) in [4.78, 5) is 15.9. The molecule has 0 saturated heterocycles. The second kappa shape index (κ2) is 7.55. The molecule has 0 aliphatic carbocycles. The molecule has 0 amide bonds. The van der Waals surface area contributed by atoms with Gasteiger partial charge in [-0.3, -0.25) is 4.79 Å². The highest BCUT2D eigenvalue weighted by Crippen LogP contribution is 2.16. The van der Waals surface area contributed by atoms with Crippen molar-refractivity contribution in [2.24, 2.45) is 0 Å². The molecule has 1 aromatic heterocycles. The molecule has 16 heavy (non-hydrogen) atoms. The van der Waals surface area contributed by atoms with E-state index in [9.17, 15) is 4.79 Å². The molecule has 0 aliphatic rings. The molecule has 0 N–H and O–H groups in total. The second-order valence-electron chi connectivity index (χ2n) is 3.93. The Kier molecular flexibility index (Phi) is 6.31. The van der Waals surface area contributed by atoms with Gasteiger partial charge < -0.3 is 0 Å². The van der Waals surface area contributed by atoms with E-state index in [1.165, 1.54) is 19.3 Å². The average Bonchev–Trinajstić information content (AvgIpc) is 2.29. The first kappa shape index (κ1) is 13.4. The number of rotatable bonds is 7. The summed E-state index contributed by atoms with van der Waals surface area (Å²) in [6, 6.07) is 3.63. The van der Waals surface area contributed by atoms with Crippen molar-refractivity contribution in [2.75, 3.05) is 0 Å². The number of aromatic nitrogens is 1. The summed E-state index contributed by atoms with van der Waals surface area (Å²) in [5.41, 5.74) is 0.706. The van der Waals surface area contributed by atoms with Gasteiger partial charge in [-0.1, -0.05) is 32.6 Å². The highest BCUT2D eigenvalue weighted by atomic mass is 79.9. The lowest BCUT2D eigenvalue weighted by molar-refractivity contribution is 0.0978. The molecule has 1 rings (SSSR count). The van der Waals surface area contributed by atoms with Crippen molar-refractivity contribution in [3.8, 4) is 0 Å². The molecule has 0 saturated carbocycles. The maximum absolute atomic E-state index is 11.8. The van der Waals surface area contributed by atoms with Crippen molar-refractivity contribution in [2.45, 2.75) is 45.4 Å². The summed E-state index contributed by atoms with van der Waals surface area (Å²) in [5.74, 6) is 0.191. The number of halogens is 1. The zero-order chi connectivity index (χ0) is 11.8. The van der Waals surface area contributed by atoms with E-state index >= 15 is 0 Å². The lowest BCUT2D eigenvalue weighted by atomic mass is 10.1. The van der Waals surface area contributed by atoms with Crippen LogP contribution in [0.25, 0.3) is 0 Å². The van der Waals surface area contributed by atoms with E-state index < -0.39 is 0 Å². The number of carbonyl (C=O) groups excluding carboxylic acids is 1. The van der Waals surface area contributed by atoms with E-state index in [0.29, 0.717) is 16.6 Å². The van der Waals surface area contributed by atoms with E-state index in [1.54, 1.807) is 12.3 Å². The summed E-state index contributed by atoms with van der Waals surface area (Å²) < 4.78 is 0.661. The molecule has 0 aliphatic heterocycles. The Morgan fingerprint density at radius 3 is 2.75 bits per heavy atom. The SMILES string of the molecule is CCCCCCCC(=O)c1cccnc1Br. The van der Waals surface area contributed by atoms with Crippen molar-refractivity contribution in [1.82, 2.24) is 4.98 Å². The quantitative estimate of drug-likeness (QED) is 0.422. The molecule has 0 radical (unpaired) electrons. The Bertz CT molecular complexity index is 338. The van der Waals surface area contributed by atoms with Gasteiger partial charge in [0.15, 0.2) is 5.78 Å². The van der Waals surface area contributed by atoms with E-state index in [2.05, 4.69) is 27.8 Å². The van der Waals surface area contributed by atoms with Gasteiger partial charge in [0.25, 0.3) is 0 Å². The molecular formula is C13H18BrNO. The highest BCUT2D eigenvalue weighted by Gasteiger charge is 2.09. The third-order valence-corrected chi connectivity index (χ3v) is 3.20.